The molecule has 19 heavy (non-hydrogen) atoms. The van der Waals surface area contributed by atoms with Crippen molar-refractivity contribution in [2.45, 2.75) is 25.5 Å². The van der Waals surface area contributed by atoms with Gasteiger partial charge in [0, 0.05) is 19.3 Å². The van der Waals surface area contributed by atoms with Gasteiger partial charge in [0.05, 0.1) is 19.3 Å². The van der Waals surface area contributed by atoms with Gasteiger partial charge in [-0.1, -0.05) is 0 Å². The highest BCUT2D eigenvalue weighted by molar-refractivity contribution is 5.67. The molecule has 2 heterocycles. The van der Waals surface area contributed by atoms with Gasteiger partial charge in [-0.05, 0) is 31.0 Å². The molecule has 0 saturated carbocycles. The number of carbonyl (C=O) groups is 1. The second-order valence-corrected chi connectivity index (χ2v) is 4.69. The van der Waals surface area contributed by atoms with Gasteiger partial charge in [0.1, 0.15) is 5.82 Å². The Balaban J connectivity index is 2.00. The number of alkyl carbamates (subject to hydrolysis) is 1. The lowest BCUT2D eigenvalue weighted by Crippen LogP contribution is -2.37. The molecule has 1 unspecified atom stereocenters. The highest BCUT2D eigenvalue weighted by Gasteiger charge is 2.25. The number of hydrogen-bond donors (Lipinski definition) is 2. The van der Waals surface area contributed by atoms with Gasteiger partial charge in [-0.25, -0.2) is 9.78 Å². The van der Waals surface area contributed by atoms with Gasteiger partial charge in [-0.2, -0.15) is 0 Å². The molecule has 1 aromatic heterocycles. The molecule has 1 saturated heterocycles. The number of methoxy groups -OCH3 is 1. The van der Waals surface area contributed by atoms with Crippen LogP contribution in [0.3, 0.4) is 0 Å². The van der Waals surface area contributed by atoms with Crippen molar-refractivity contribution < 1.29 is 14.6 Å². The van der Waals surface area contributed by atoms with Crippen molar-refractivity contribution in [3.8, 4) is 0 Å². The maximum absolute atomic E-state index is 11.2. The lowest BCUT2D eigenvalue weighted by Gasteiger charge is -2.18. The fraction of sp³-hybridized carbons (Fsp3) is 0.538. The highest BCUT2D eigenvalue weighted by Crippen LogP contribution is 2.21. The third-order valence-corrected chi connectivity index (χ3v) is 3.27. The van der Waals surface area contributed by atoms with E-state index in [0.29, 0.717) is 6.54 Å². The molecule has 1 aromatic rings. The summed E-state index contributed by atoms with van der Waals surface area (Å²) < 4.78 is 4.59. The smallest absolute Gasteiger partial charge is 0.407 e. The fourth-order valence-electron chi connectivity index (χ4n) is 2.18. The quantitative estimate of drug-likeness (QED) is 0.855. The number of ether oxygens (including phenoxy) is 1. The summed E-state index contributed by atoms with van der Waals surface area (Å²) in [4.78, 5) is 17.6. The molecule has 1 amide bonds. The Morgan fingerprint density at radius 2 is 2.47 bits per heavy atom. The van der Waals surface area contributed by atoms with Crippen LogP contribution in [-0.4, -0.2) is 42.4 Å². The van der Waals surface area contributed by atoms with Crippen molar-refractivity contribution in [2.24, 2.45) is 0 Å². The molecule has 2 N–H and O–H groups in total. The van der Waals surface area contributed by atoms with E-state index in [1.54, 1.807) is 19.2 Å². The van der Waals surface area contributed by atoms with Crippen molar-refractivity contribution in [1.29, 1.82) is 0 Å². The van der Waals surface area contributed by atoms with E-state index in [9.17, 15) is 9.90 Å². The van der Waals surface area contributed by atoms with E-state index in [1.807, 2.05) is 6.07 Å². The van der Waals surface area contributed by atoms with Crippen molar-refractivity contribution in [2.75, 3.05) is 25.1 Å². The first kappa shape index (κ1) is 13.6. The van der Waals surface area contributed by atoms with Crippen molar-refractivity contribution in [3.05, 3.63) is 23.9 Å². The largest absolute Gasteiger partial charge is 0.453 e. The Morgan fingerprint density at radius 3 is 3.16 bits per heavy atom. The summed E-state index contributed by atoms with van der Waals surface area (Å²) in [6.07, 6.45) is 1.64. The first-order valence-electron chi connectivity index (χ1n) is 6.33. The van der Waals surface area contributed by atoms with Crippen LogP contribution in [0.4, 0.5) is 10.6 Å². The SMILES string of the molecule is COC(=O)NC1CCN(c2cc([C@H](C)O)ccn2)C1. The molecule has 0 bridgehead atoms. The summed E-state index contributed by atoms with van der Waals surface area (Å²) in [7, 11) is 1.36. The molecule has 0 radical (unpaired) electrons. The lowest BCUT2D eigenvalue weighted by molar-refractivity contribution is 0.167. The van der Waals surface area contributed by atoms with Crippen LogP contribution >= 0.6 is 0 Å². The van der Waals surface area contributed by atoms with Crippen LogP contribution in [0.25, 0.3) is 0 Å². The number of nitrogens with one attached hydrogen (secondary N) is 1. The molecule has 0 aromatic carbocycles. The van der Waals surface area contributed by atoms with E-state index in [1.165, 1.54) is 7.11 Å². The minimum absolute atomic E-state index is 0.0736. The van der Waals surface area contributed by atoms with Crippen LogP contribution in [-0.2, 0) is 4.74 Å². The molecule has 1 fully saturated rings. The Labute approximate surface area is 112 Å². The summed E-state index contributed by atoms with van der Waals surface area (Å²) in [5.74, 6) is 0.826. The molecular formula is C13H19N3O3. The third-order valence-electron chi connectivity index (χ3n) is 3.27. The minimum atomic E-state index is -0.506. The van der Waals surface area contributed by atoms with Crippen LogP contribution in [0.15, 0.2) is 18.3 Å². The Hall–Kier alpha value is -1.82. The first-order chi connectivity index (χ1) is 9.10. The van der Waals surface area contributed by atoms with Crippen molar-refractivity contribution in [1.82, 2.24) is 10.3 Å². The van der Waals surface area contributed by atoms with E-state index in [4.69, 9.17) is 0 Å². The van der Waals surface area contributed by atoms with Crippen LogP contribution in [0.5, 0.6) is 0 Å². The van der Waals surface area contributed by atoms with Gasteiger partial charge in [0.2, 0.25) is 0 Å². The Morgan fingerprint density at radius 1 is 1.68 bits per heavy atom. The molecule has 6 heteroatoms. The molecular weight excluding hydrogens is 246 g/mol. The molecule has 2 rings (SSSR count). The van der Waals surface area contributed by atoms with E-state index < -0.39 is 12.2 Å². The molecule has 0 spiro atoms. The molecule has 6 nitrogen and oxygen atoms in total. The minimum Gasteiger partial charge on any atom is -0.453 e. The number of nitrogens with zero attached hydrogens (tertiary/aromatic N) is 2. The number of aliphatic hydroxyl groups is 1. The second-order valence-electron chi connectivity index (χ2n) is 4.69. The second kappa shape index (κ2) is 5.88. The average Bonchev–Trinajstić information content (AvgIpc) is 2.87. The standard InChI is InChI=1S/C13H19N3O3/c1-9(17)10-3-5-14-12(7-10)16-6-4-11(8-16)15-13(18)19-2/h3,5,7,9,11,17H,4,6,8H2,1-2H3,(H,15,18)/t9-,11?/m0/s1. The highest BCUT2D eigenvalue weighted by atomic mass is 16.5. The number of aliphatic hydroxyl groups excluding tert-OH is 1. The zero-order valence-electron chi connectivity index (χ0n) is 11.2. The van der Waals surface area contributed by atoms with Gasteiger partial charge in [0.15, 0.2) is 0 Å². The lowest BCUT2D eigenvalue weighted by atomic mass is 10.2. The number of pyridine rings is 1. The third kappa shape index (κ3) is 3.35. The van der Waals surface area contributed by atoms with E-state index in [0.717, 1.165) is 24.3 Å². The van der Waals surface area contributed by atoms with Crippen LogP contribution in [0, 0.1) is 0 Å². The van der Waals surface area contributed by atoms with Crippen molar-refractivity contribution in [3.63, 3.8) is 0 Å². The number of amides is 1. The summed E-state index contributed by atoms with van der Waals surface area (Å²) >= 11 is 0. The summed E-state index contributed by atoms with van der Waals surface area (Å²) in [6, 6.07) is 3.75. The Bertz CT molecular complexity index is 451. The topological polar surface area (TPSA) is 74.7 Å². The maximum Gasteiger partial charge on any atom is 0.407 e. The number of rotatable bonds is 3. The van der Waals surface area contributed by atoms with Gasteiger partial charge < -0.3 is 20.1 Å². The monoisotopic (exact) mass is 265 g/mol. The molecule has 0 aliphatic carbocycles. The summed E-state index contributed by atoms with van der Waals surface area (Å²) in [5.41, 5.74) is 0.842. The van der Waals surface area contributed by atoms with E-state index in [2.05, 4.69) is 19.9 Å². The maximum atomic E-state index is 11.2. The number of hydrogen-bond acceptors (Lipinski definition) is 5. The van der Waals surface area contributed by atoms with Crippen molar-refractivity contribution >= 4 is 11.9 Å². The number of carbonyl (C=O) groups excluding carboxylic acids is 1. The predicted octanol–water partition coefficient (Wildman–Crippen LogP) is 1.07. The normalized spacial score (nSPS) is 20.2. The van der Waals surface area contributed by atoms with Gasteiger partial charge in [0.25, 0.3) is 0 Å². The number of anilines is 1. The average molecular weight is 265 g/mol. The van der Waals surface area contributed by atoms with Crippen LogP contribution in [0.1, 0.15) is 25.0 Å². The van der Waals surface area contributed by atoms with Crippen LogP contribution in [0.2, 0.25) is 0 Å². The molecule has 2 atom stereocenters. The zero-order valence-corrected chi connectivity index (χ0v) is 11.2. The first-order valence-corrected chi connectivity index (χ1v) is 6.33. The van der Waals surface area contributed by atoms with Gasteiger partial charge in [-0.3, -0.25) is 0 Å². The van der Waals surface area contributed by atoms with E-state index in [-0.39, 0.29) is 6.04 Å². The van der Waals surface area contributed by atoms with Gasteiger partial charge in [-0.15, -0.1) is 0 Å². The zero-order chi connectivity index (χ0) is 13.8. The van der Waals surface area contributed by atoms with Gasteiger partial charge >= 0.3 is 6.09 Å². The summed E-state index contributed by atoms with van der Waals surface area (Å²) in [6.45, 7) is 3.25. The molecule has 104 valence electrons. The van der Waals surface area contributed by atoms with Crippen LogP contribution < -0.4 is 10.2 Å². The van der Waals surface area contributed by atoms with E-state index >= 15 is 0 Å². The predicted molar refractivity (Wildman–Crippen MR) is 71.0 cm³/mol. The molecule has 1 aliphatic rings. The Kier molecular flexibility index (Phi) is 4.21. The summed E-state index contributed by atoms with van der Waals surface area (Å²) in [5, 5.41) is 12.4. The molecule has 1 aliphatic heterocycles. The number of aromatic nitrogens is 1. The fourth-order valence-corrected chi connectivity index (χ4v) is 2.18.